The molecule has 0 atom stereocenters. The summed E-state index contributed by atoms with van der Waals surface area (Å²) in [5, 5.41) is 0.889. The third-order valence-corrected chi connectivity index (χ3v) is 1.99. The molecule has 2 nitrogen and oxygen atoms in total. The fourth-order valence-electron chi connectivity index (χ4n) is 0.972. The Balaban J connectivity index is 2.86. The first-order valence-electron chi connectivity index (χ1n) is 4.20. The van der Waals surface area contributed by atoms with E-state index in [4.69, 9.17) is 11.6 Å². The van der Waals surface area contributed by atoms with Gasteiger partial charge in [0.15, 0.2) is 0 Å². The molecule has 1 amide bonds. The molecule has 0 unspecified atom stereocenters. The van der Waals surface area contributed by atoms with Gasteiger partial charge in [0.05, 0.1) is 10.6 Å². The van der Waals surface area contributed by atoms with E-state index in [1.54, 1.807) is 0 Å². The quantitative estimate of drug-likeness (QED) is 0.651. The Morgan fingerprint density at radius 2 is 1.82 bits per heavy atom. The van der Waals surface area contributed by atoms with Crippen LogP contribution < -0.4 is 5.32 Å². The Kier molecular flexibility index (Phi) is 3.92. The van der Waals surface area contributed by atoms with Crippen LogP contribution in [0.2, 0.25) is 5.02 Å². The molecule has 0 bridgehead atoms. The van der Waals surface area contributed by atoms with Crippen LogP contribution in [0.3, 0.4) is 0 Å². The monoisotopic (exact) mass is 273 g/mol. The zero-order valence-corrected chi connectivity index (χ0v) is 8.79. The van der Waals surface area contributed by atoms with Crippen molar-refractivity contribution < 1.29 is 26.7 Å². The summed E-state index contributed by atoms with van der Waals surface area (Å²) in [6.45, 7) is -1.61. The standard InChI is InChI=1S/C9H5ClF5NO/c10-5-1-4(6(11)2-7(5)12)8(17)16-3-9(13,14)15/h1-2H,3H2,(H,16,17). The third kappa shape index (κ3) is 3.85. The molecule has 0 saturated carbocycles. The highest BCUT2D eigenvalue weighted by Gasteiger charge is 2.28. The number of alkyl halides is 3. The smallest absolute Gasteiger partial charge is 0.343 e. The minimum Gasteiger partial charge on any atom is -0.343 e. The van der Waals surface area contributed by atoms with Crippen molar-refractivity contribution in [1.82, 2.24) is 5.32 Å². The molecular weight excluding hydrogens is 269 g/mol. The first-order chi connectivity index (χ1) is 7.70. The van der Waals surface area contributed by atoms with Crippen molar-refractivity contribution in [2.45, 2.75) is 6.18 Å². The summed E-state index contributed by atoms with van der Waals surface area (Å²) in [7, 11) is 0. The lowest BCUT2D eigenvalue weighted by atomic mass is 10.2. The fourth-order valence-corrected chi connectivity index (χ4v) is 1.14. The molecule has 94 valence electrons. The van der Waals surface area contributed by atoms with Gasteiger partial charge in [-0.2, -0.15) is 13.2 Å². The van der Waals surface area contributed by atoms with Gasteiger partial charge in [-0.15, -0.1) is 0 Å². The molecule has 0 heterocycles. The normalized spacial score (nSPS) is 11.4. The van der Waals surface area contributed by atoms with Crippen LogP contribution in [-0.2, 0) is 0 Å². The lowest BCUT2D eigenvalue weighted by Crippen LogP contribution is -2.34. The fraction of sp³-hybridized carbons (Fsp3) is 0.222. The van der Waals surface area contributed by atoms with E-state index in [1.165, 1.54) is 5.32 Å². The van der Waals surface area contributed by atoms with E-state index in [0.29, 0.717) is 12.1 Å². The van der Waals surface area contributed by atoms with Crippen LogP contribution in [0, 0.1) is 11.6 Å². The van der Waals surface area contributed by atoms with Crippen molar-refractivity contribution in [3.63, 3.8) is 0 Å². The lowest BCUT2D eigenvalue weighted by molar-refractivity contribution is -0.123. The zero-order chi connectivity index (χ0) is 13.2. The number of hydrogen-bond donors (Lipinski definition) is 1. The van der Waals surface area contributed by atoms with Gasteiger partial charge in [-0.05, 0) is 6.07 Å². The average Bonchev–Trinajstić information content (AvgIpc) is 2.19. The van der Waals surface area contributed by atoms with E-state index in [1.807, 2.05) is 0 Å². The van der Waals surface area contributed by atoms with E-state index < -0.39 is 40.8 Å². The summed E-state index contributed by atoms with van der Waals surface area (Å²) in [5.41, 5.74) is -0.749. The summed E-state index contributed by atoms with van der Waals surface area (Å²) in [6, 6.07) is 0.947. The molecule has 0 aliphatic rings. The molecule has 0 aromatic heterocycles. The van der Waals surface area contributed by atoms with Crippen LogP contribution in [0.15, 0.2) is 12.1 Å². The average molecular weight is 274 g/mol. The van der Waals surface area contributed by atoms with Gasteiger partial charge in [0.2, 0.25) is 0 Å². The minimum atomic E-state index is -4.62. The van der Waals surface area contributed by atoms with Crippen LogP contribution in [0.1, 0.15) is 10.4 Å². The maximum absolute atomic E-state index is 13.1. The van der Waals surface area contributed by atoms with Crippen LogP contribution in [0.4, 0.5) is 22.0 Å². The van der Waals surface area contributed by atoms with E-state index in [2.05, 4.69) is 0 Å². The number of amides is 1. The molecule has 0 spiro atoms. The van der Waals surface area contributed by atoms with Crippen LogP contribution in [-0.4, -0.2) is 18.6 Å². The largest absolute Gasteiger partial charge is 0.405 e. The van der Waals surface area contributed by atoms with E-state index >= 15 is 0 Å². The molecule has 0 aliphatic heterocycles. The molecular formula is C9H5ClF5NO. The van der Waals surface area contributed by atoms with E-state index in [9.17, 15) is 26.7 Å². The molecule has 1 N–H and O–H groups in total. The Hall–Kier alpha value is -1.37. The van der Waals surface area contributed by atoms with Crippen molar-refractivity contribution in [2.24, 2.45) is 0 Å². The van der Waals surface area contributed by atoms with Gasteiger partial charge in [-0.25, -0.2) is 8.78 Å². The zero-order valence-electron chi connectivity index (χ0n) is 8.04. The molecule has 1 aromatic carbocycles. The van der Waals surface area contributed by atoms with Gasteiger partial charge in [-0.3, -0.25) is 4.79 Å². The Bertz CT molecular complexity index is 446. The summed E-state index contributed by atoms with van der Waals surface area (Å²) < 4.78 is 61.1. The second-order valence-electron chi connectivity index (χ2n) is 3.04. The molecule has 1 rings (SSSR count). The van der Waals surface area contributed by atoms with Gasteiger partial charge in [0.25, 0.3) is 5.91 Å². The highest BCUT2D eigenvalue weighted by molar-refractivity contribution is 6.31. The summed E-state index contributed by atoms with van der Waals surface area (Å²) in [5.74, 6) is -3.70. The van der Waals surface area contributed by atoms with Crippen LogP contribution >= 0.6 is 11.6 Å². The number of benzene rings is 1. The molecule has 0 radical (unpaired) electrons. The van der Waals surface area contributed by atoms with Crippen molar-refractivity contribution in [3.8, 4) is 0 Å². The van der Waals surface area contributed by atoms with Crippen LogP contribution in [0.25, 0.3) is 0 Å². The summed E-state index contributed by atoms with van der Waals surface area (Å²) in [4.78, 5) is 11.1. The molecule has 0 fully saturated rings. The maximum Gasteiger partial charge on any atom is 0.405 e. The number of rotatable bonds is 2. The molecule has 8 heteroatoms. The number of nitrogens with one attached hydrogen (secondary N) is 1. The first kappa shape index (κ1) is 13.7. The number of halogens is 6. The van der Waals surface area contributed by atoms with Crippen molar-refractivity contribution in [1.29, 1.82) is 0 Å². The maximum atomic E-state index is 13.1. The predicted molar refractivity (Wildman–Crippen MR) is 49.8 cm³/mol. The Morgan fingerprint density at radius 1 is 1.24 bits per heavy atom. The van der Waals surface area contributed by atoms with Crippen molar-refractivity contribution in [3.05, 3.63) is 34.4 Å². The minimum absolute atomic E-state index is 0.324. The second kappa shape index (κ2) is 4.87. The highest BCUT2D eigenvalue weighted by Crippen LogP contribution is 2.20. The van der Waals surface area contributed by atoms with Crippen LogP contribution in [0.5, 0.6) is 0 Å². The van der Waals surface area contributed by atoms with Crippen molar-refractivity contribution >= 4 is 17.5 Å². The topological polar surface area (TPSA) is 29.1 Å². The molecule has 1 aromatic rings. The van der Waals surface area contributed by atoms with Gasteiger partial charge < -0.3 is 5.32 Å². The molecule has 0 saturated heterocycles. The number of hydrogen-bond acceptors (Lipinski definition) is 1. The van der Waals surface area contributed by atoms with Gasteiger partial charge in [0, 0.05) is 6.07 Å². The molecule has 0 aliphatic carbocycles. The van der Waals surface area contributed by atoms with E-state index in [-0.39, 0.29) is 0 Å². The molecule has 17 heavy (non-hydrogen) atoms. The van der Waals surface area contributed by atoms with Crippen molar-refractivity contribution in [2.75, 3.05) is 6.54 Å². The predicted octanol–water partition coefficient (Wildman–Crippen LogP) is 2.91. The summed E-state index contributed by atoms with van der Waals surface area (Å²) in [6.07, 6.45) is -4.62. The Morgan fingerprint density at radius 3 is 2.35 bits per heavy atom. The lowest BCUT2D eigenvalue weighted by Gasteiger charge is -2.09. The summed E-state index contributed by atoms with van der Waals surface area (Å²) >= 11 is 5.28. The van der Waals surface area contributed by atoms with Gasteiger partial charge in [-0.1, -0.05) is 11.6 Å². The number of carbonyl (C=O) groups is 1. The first-order valence-corrected chi connectivity index (χ1v) is 4.58. The number of carbonyl (C=O) groups excluding carboxylic acids is 1. The second-order valence-corrected chi connectivity index (χ2v) is 3.45. The Labute approximate surface area is 97.4 Å². The third-order valence-electron chi connectivity index (χ3n) is 1.70. The SMILES string of the molecule is O=C(NCC(F)(F)F)c1cc(Cl)c(F)cc1F. The highest BCUT2D eigenvalue weighted by atomic mass is 35.5. The van der Waals surface area contributed by atoms with Gasteiger partial charge in [0.1, 0.15) is 18.2 Å². The van der Waals surface area contributed by atoms with E-state index in [0.717, 1.165) is 0 Å². The van der Waals surface area contributed by atoms with Gasteiger partial charge >= 0.3 is 6.18 Å².